The molecule has 0 aromatic heterocycles. The third kappa shape index (κ3) is 2.55. The van der Waals surface area contributed by atoms with Crippen LogP contribution in [0.1, 0.15) is 31.1 Å². The highest BCUT2D eigenvalue weighted by molar-refractivity contribution is 5.30. The van der Waals surface area contributed by atoms with Crippen LogP contribution in [0.5, 0.6) is 0 Å². The fraction of sp³-hybridized carbons (Fsp3) is 0.500. The van der Waals surface area contributed by atoms with Crippen molar-refractivity contribution in [2.24, 2.45) is 0 Å². The number of hydrogen-bond donors (Lipinski definition) is 1. The van der Waals surface area contributed by atoms with Gasteiger partial charge >= 0.3 is 0 Å². The number of aliphatic hydroxyl groups is 1. The number of benzene rings is 1. The lowest BCUT2D eigenvalue weighted by Gasteiger charge is -2.30. The number of ether oxygens (including phenoxy) is 1. The van der Waals surface area contributed by atoms with Gasteiger partial charge in [-0.25, -0.2) is 4.39 Å². The largest absolute Gasteiger partial charge is 0.385 e. The first kappa shape index (κ1) is 12.1. The molecule has 1 aromatic rings. The molecule has 0 radical (unpaired) electrons. The Kier molecular flexibility index (Phi) is 3.47. The second-order valence-electron chi connectivity index (χ2n) is 4.21. The predicted molar refractivity (Wildman–Crippen MR) is 57.2 cm³/mol. The van der Waals surface area contributed by atoms with E-state index in [0.717, 1.165) is 5.56 Å². The van der Waals surface area contributed by atoms with E-state index in [1.165, 1.54) is 19.2 Å². The van der Waals surface area contributed by atoms with E-state index in [9.17, 15) is 9.50 Å². The summed E-state index contributed by atoms with van der Waals surface area (Å²) < 4.78 is 18.2. The molecule has 0 aliphatic rings. The van der Waals surface area contributed by atoms with Crippen molar-refractivity contribution in [1.29, 1.82) is 0 Å². The highest BCUT2D eigenvalue weighted by Gasteiger charge is 2.29. The summed E-state index contributed by atoms with van der Waals surface area (Å²) in [6.45, 7) is 5.37. The molecule has 84 valence electrons. The van der Waals surface area contributed by atoms with Gasteiger partial charge in [-0.05, 0) is 44.0 Å². The average molecular weight is 212 g/mol. The van der Waals surface area contributed by atoms with E-state index in [4.69, 9.17) is 4.74 Å². The van der Waals surface area contributed by atoms with Gasteiger partial charge in [0.25, 0.3) is 0 Å². The second kappa shape index (κ2) is 4.29. The van der Waals surface area contributed by atoms with E-state index >= 15 is 0 Å². The summed E-state index contributed by atoms with van der Waals surface area (Å²) in [5, 5.41) is 10.1. The molecule has 0 aliphatic carbocycles. The molecule has 3 heteroatoms. The maximum Gasteiger partial charge on any atom is 0.123 e. The SMILES string of the molecule is COC(C)(C)C(O)c1cc(F)ccc1C. The molecule has 1 atom stereocenters. The summed E-state index contributed by atoms with van der Waals surface area (Å²) >= 11 is 0. The van der Waals surface area contributed by atoms with Gasteiger partial charge in [-0.1, -0.05) is 6.07 Å². The molecule has 1 aromatic carbocycles. The maximum absolute atomic E-state index is 13.0. The Balaban J connectivity index is 3.10. The van der Waals surface area contributed by atoms with Crippen LogP contribution in [0.2, 0.25) is 0 Å². The quantitative estimate of drug-likeness (QED) is 0.834. The Morgan fingerprint density at radius 2 is 2.00 bits per heavy atom. The summed E-state index contributed by atoms with van der Waals surface area (Å²) in [4.78, 5) is 0. The molecular formula is C12H17FO2. The molecule has 0 saturated carbocycles. The van der Waals surface area contributed by atoms with Gasteiger partial charge in [0.1, 0.15) is 11.9 Å². The van der Waals surface area contributed by atoms with Crippen molar-refractivity contribution in [3.8, 4) is 0 Å². The Bertz CT molecular complexity index is 347. The molecule has 0 amide bonds. The maximum atomic E-state index is 13.0. The van der Waals surface area contributed by atoms with Gasteiger partial charge in [0.15, 0.2) is 0 Å². The second-order valence-corrected chi connectivity index (χ2v) is 4.21. The van der Waals surface area contributed by atoms with Crippen LogP contribution in [0, 0.1) is 12.7 Å². The predicted octanol–water partition coefficient (Wildman–Crippen LogP) is 2.59. The summed E-state index contributed by atoms with van der Waals surface area (Å²) in [5.41, 5.74) is 0.703. The van der Waals surface area contributed by atoms with Crippen LogP contribution >= 0.6 is 0 Å². The van der Waals surface area contributed by atoms with Crippen LogP contribution in [0.25, 0.3) is 0 Å². The minimum absolute atomic E-state index is 0.346. The van der Waals surface area contributed by atoms with Gasteiger partial charge in [0.05, 0.1) is 5.60 Å². The zero-order chi connectivity index (χ0) is 11.6. The molecule has 0 saturated heterocycles. The molecule has 0 spiro atoms. The highest BCUT2D eigenvalue weighted by atomic mass is 19.1. The molecule has 0 aliphatic heterocycles. The normalized spacial score (nSPS) is 14.0. The third-order valence-electron chi connectivity index (χ3n) is 2.72. The van der Waals surface area contributed by atoms with Crippen LogP contribution in [0.3, 0.4) is 0 Å². The standard InChI is InChI=1S/C12H17FO2/c1-8-5-6-9(13)7-10(8)11(14)12(2,3)15-4/h5-7,11,14H,1-4H3. The zero-order valence-corrected chi connectivity index (χ0v) is 9.54. The minimum Gasteiger partial charge on any atom is -0.385 e. The van der Waals surface area contributed by atoms with Crippen molar-refractivity contribution < 1.29 is 14.2 Å². The van der Waals surface area contributed by atoms with Crippen LogP contribution in [-0.2, 0) is 4.74 Å². The monoisotopic (exact) mass is 212 g/mol. The van der Waals surface area contributed by atoms with Gasteiger partial charge in [-0.3, -0.25) is 0 Å². The lowest BCUT2D eigenvalue weighted by molar-refractivity contribution is -0.0796. The van der Waals surface area contributed by atoms with Crippen LogP contribution in [0.4, 0.5) is 4.39 Å². The van der Waals surface area contributed by atoms with Crippen molar-refractivity contribution in [2.45, 2.75) is 32.5 Å². The van der Waals surface area contributed by atoms with Crippen LogP contribution in [0.15, 0.2) is 18.2 Å². The fourth-order valence-electron chi connectivity index (χ4n) is 1.39. The zero-order valence-electron chi connectivity index (χ0n) is 9.54. The number of rotatable bonds is 3. The summed E-state index contributed by atoms with van der Waals surface area (Å²) in [7, 11) is 1.53. The van der Waals surface area contributed by atoms with Crippen molar-refractivity contribution in [3.63, 3.8) is 0 Å². The minimum atomic E-state index is -0.835. The van der Waals surface area contributed by atoms with E-state index in [-0.39, 0.29) is 5.82 Å². The van der Waals surface area contributed by atoms with Crippen LogP contribution in [-0.4, -0.2) is 17.8 Å². The third-order valence-corrected chi connectivity index (χ3v) is 2.72. The number of methoxy groups -OCH3 is 1. The fourth-order valence-corrected chi connectivity index (χ4v) is 1.39. The average Bonchev–Trinajstić information content (AvgIpc) is 2.20. The first-order valence-corrected chi connectivity index (χ1v) is 4.87. The van der Waals surface area contributed by atoms with Crippen molar-refractivity contribution >= 4 is 0 Å². The summed E-state index contributed by atoms with van der Waals surface area (Å²) in [6, 6.07) is 4.38. The van der Waals surface area contributed by atoms with E-state index < -0.39 is 11.7 Å². The summed E-state index contributed by atoms with van der Waals surface area (Å²) in [5.74, 6) is -0.346. The van der Waals surface area contributed by atoms with Crippen LogP contribution < -0.4 is 0 Å². The Morgan fingerprint density at radius 3 is 2.53 bits per heavy atom. The molecule has 0 fully saturated rings. The molecule has 1 N–H and O–H groups in total. The highest BCUT2D eigenvalue weighted by Crippen LogP contribution is 2.30. The van der Waals surface area contributed by atoms with E-state index in [1.54, 1.807) is 19.9 Å². The van der Waals surface area contributed by atoms with Gasteiger partial charge in [0, 0.05) is 7.11 Å². The number of aliphatic hydroxyl groups excluding tert-OH is 1. The lowest BCUT2D eigenvalue weighted by atomic mass is 9.91. The van der Waals surface area contributed by atoms with Gasteiger partial charge in [-0.15, -0.1) is 0 Å². The van der Waals surface area contributed by atoms with Gasteiger partial charge in [0.2, 0.25) is 0 Å². The van der Waals surface area contributed by atoms with Crippen molar-refractivity contribution in [3.05, 3.63) is 35.1 Å². The number of aryl methyl sites for hydroxylation is 1. The van der Waals surface area contributed by atoms with Crippen molar-refractivity contribution in [2.75, 3.05) is 7.11 Å². The van der Waals surface area contributed by atoms with Gasteiger partial charge < -0.3 is 9.84 Å². The molecule has 0 bridgehead atoms. The smallest absolute Gasteiger partial charge is 0.123 e. The van der Waals surface area contributed by atoms with Crippen molar-refractivity contribution in [1.82, 2.24) is 0 Å². The summed E-state index contributed by atoms with van der Waals surface area (Å²) in [6.07, 6.45) is -0.835. The molecule has 2 nitrogen and oxygen atoms in total. The molecule has 1 rings (SSSR count). The molecule has 15 heavy (non-hydrogen) atoms. The van der Waals surface area contributed by atoms with E-state index in [1.807, 2.05) is 6.92 Å². The number of halogens is 1. The topological polar surface area (TPSA) is 29.5 Å². The number of hydrogen-bond acceptors (Lipinski definition) is 2. The first-order chi connectivity index (χ1) is 6.88. The molecular weight excluding hydrogens is 195 g/mol. The Morgan fingerprint density at radius 1 is 1.40 bits per heavy atom. The lowest BCUT2D eigenvalue weighted by Crippen LogP contribution is -2.31. The first-order valence-electron chi connectivity index (χ1n) is 4.87. The molecule has 1 unspecified atom stereocenters. The van der Waals surface area contributed by atoms with Gasteiger partial charge in [-0.2, -0.15) is 0 Å². The van der Waals surface area contributed by atoms with E-state index in [2.05, 4.69) is 0 Å². The molecule has 0 heterocycles. The Labute approximate surface area is 89.7 Å². The Hall–Kier alpha value is -0.930. The van der Waals surface area contributed by atoms with E-state index in [0.29, 0.717) is 5.56 Å².